The first kappa shape index (κ1) is 7.60. The van der Waals surface area contributed by atoms with Gasteiger partial charge in [0, 0.05) is 12.2 Å². The van der Waals surface area contributed by atoms with E-state index in [0.717, 1.165) is 0 Å². The van der Waals surface area contributed by atoms with E-state index in [1.165, 1.54) is 4.31 Å². The van der Waals surface area contributed by atoms with Gasteiger partial charge in [0.1, 0.15) is 0 Å². The molecule has 0 bridgehead atoms. The van der Waals surface area contributed by atoms with Crippen molar-refractivity contribution in [3.05, 3.63) is 12.3 Å². The molecule has 10 heavy (non-hydrogen) atoms. The highest BCUT2D eigenvalue weighted by Crippen LogP contribution is 2.13. The number of rotatable bonds is 1. The molecule has 0 aliphatic carbocycles. The van der Waals surface area contributed by atoms with Gasteiger partial charge in [-0.05, 0) is 13.8 Å². The third kappa shape index (κ3) is 1.16. The third-order valence-corrected chi connectivity index (χ3v) is 3.19. The van der Waals surface area contributed by atoms with Gasteiger partial charge in [-0.3, -0.25) is 4.31 Å². The summed E-state index contributed by atoms with van der Waals surface area (Å²) in [6, 6.07) is 0.0451. The molecular formula is C6H11NO2S. The molecule has 0 saturated carbocycles. The maximum Gasteiger partial charge on any atom is 0.238 e. The molecule has 0 atom stereocenters. The maximum absolute atomic E-state index is 11.1. The van der Waals surface area contributed by atoms with Crippen LogP contribution in [-0.4, -0.2) is 24.5 Å². The van der Waals surface area contributed by atoms with E-state index in [9.17, 15) is 8.42 Å². The molecule has 0 amide bonds. The summed E-state index contributed by atoms with van der Waals surface area (Å²) in [7, 11) is -2.96. The monoisotopic (exact) mass is 161 g/mol. The van der Waals surface area contributed by atoms with Crippen molar-refractivity contribution >= 4 is 10.0 Å². The molecule has 3 nitrogen and oxygen atoms in total. The maximum atomic E-state index is 11.1. The second-order valence-electron chi connectivity index (χ2n) is 2.59. The third-order valence-electron chi connectivity index (χ3n) is 1.39. The van der Waals surface area contributed by atoms with E-state index >= 15 is 0 Å². The van der Waals surface area contributed by atoms with Crippen molar-refractivity contribution in [1.82, 2.24) is 4.31 Å². The minimum Gasteiger partial charge on any atom is -0.275 e. The van der Waals surface area contributed by atoms with Gasteiger partial charge in [0.25, 0.3) is 0 Å². The van der Waals surface area contributed by atoms with E-state index in [1.54, 1.807) is 12.3 Å². The lowest BCUT2D eigenvalue weighted by Gasteiger charge is -2.18. The minimum atomic E-state index is -2.96. The Morgan fingerprint density at radius 2 is 2.10 bits per heavy atom. The standard InChI is InChI=1S/C6H11NO2S/c1-6(2)7-4-3-5-10(7,8)9/h3-4,6H,5H2,1-2H3. The highest BCUT2D eigenvalue weighted by Gasteiger charge is 2.23. The van der Waals surface area contributed by atoms with Crippen molar-refractivity contribution in [2.75, 3.05) is 5.75 Å². The van der Waals surface area contributed by atoms with Gasteiger partial charge < -0.3 is 0 Å². The summed E-state index contributed by atoms with van der Waals surface area (Å²) in [5.41, 5.74) is 0. The van der Waals surface area contributed by atoms with Crippen LogP contribution in [0.3, 0.4) is 0 Å². The van der Waals surface area contributed by atoms with Crippen molar-refractivity contribution in [3.8, 4) is 0 Å². The van der Waals surface area contributed by atoms with Crippen LogP contribution in [0.5, 0.6) is 0 Å². The fourth-order valence-corrected chi connectivity index (χ4v) is 2.36. The predicted molar refractivity (Wildman–Crippen MR) is 39.9 cm³/mol. The molecule has 0 unspecified atom stereocenters. The molecule has 0 N–H and O–H groups in total. The van der Waals surface area contributed by atoms with Crippen molar-refractivity contribution in [2.45, 2.75) is 19.9 Å². The zero-order valence-corrected chi connectivity index (χ0v) is 6.93. The second-order valence-corrected chi connectivity index (χ2v) is 4.51. The van der Waals surface area contributed by atoms with Gasteiger partial charge in [0.05, 0.1) is 5.75 Å². The molecule has 0 aromatic carbocycles. The summed E-state index contributed by atoms with van der Waals surface area (Å²) >= 11 is 0. The lowest BCUT2D eigenvalue weighted by Crippen LogP contribution is -2.29. The SMILES string of the molecule is CC(C)N1C=CCS1(=O)=O. The molecule has 58 valence electrons. The van der Waals surface area contributed by atoms with Crippen LogP contribution < -0.4 is 0 Å². The van der Waals surface area contributed by atoms with E-state index in [-0.39, 0.29) is 11.8 Å². The van der Waals surface area contributed by atoms with Gasteiger partial charge in [0.15, 0.2) is 0 Å². The molecule has 1 aliphatic heterocycles. The summed E-state index contributed by atoms with van der Waals surface area (Å²) in [5, 5.41) is 0. The van der Waals surface area contributed by atoms with Crippen LogP contribution in [0.2, 0.25) is 0 Å². The van der Waals surface area contributed by atoms with Crippen LogP contribution in [-0.2, 0) is 10.0 Å². The fourth-order valence-electron chi connectivity index (χ4n) is 0.941. The largest absolute Gasteiger partial charge is 0.275 e. The normalized spacial score (nSPS) is 22.5. The van der Waals surface area contributed by atoms with Crippen LogP contribution >= 0.6 is 0 Å². The quantitative estimate of drug-likeness (QED) is 0.563. The molecule has 0 radical (unpaired) electrons. The molecule has 4 heteroatoms. The summed E-state index contributed by atoms with van der Waals surface area (Å²) in [4.78, 5) is 0. The molecule has 1 heterocycles. The van der Waals surface area contributed by atoms with Gasteiger partial charge in [-0.25, -0.2) is 8.42 Å². The molecule has 1 rings (SSSR count). The van der Waals surface area contributed by atoms with E-state index < -0.39 is 10.0 Å². The topological polar surface area (TPSA) is 37.4 Å². The minimum absolute atomic E-state index is 0.0451. The van der Waals surface area contributed by atoms with Gasteiger partial charge in [-0.2, -0.15) is 0 Å². The summed E-state index contributed by atoms with van der Waals surface area (Å²) in [6.45, 7) is 3.71. The Morgan fingerprint density at radius 3 is 2.30 bits per heavy atom. The average molecular weight is 161 g/mol. The predicted octanol–water partition coefficient (Wildman–Crippen LogP) is 0.554. The zero-order chi connectivity index (χ0) is 7.78. The number of nitrogens with zero attached hydrogens (tertiary/aromatic N) is 1. The first-order chi connectivity index (χ1) is 4.54. The Balaban J connectivity index is 2.88. The molecule has 0 aromatic heterocycles. The Morgan fingerprint density at radius 1 is 1.50 bits per heavy atom. The lowest BCUT2D eigenvalue weighted by molar-refractivity contribution is 0.452. The molecule has 0 aromatic rings. The van der Waals surface area contributed by atoms with Crippen LogP contribution in [0, 0.1) is 0 Å². The van der Waals surface area contributed by atoms with Crippen LogP contribution in [0.15, 0.2) is 12.3 Å². The Bertz CT molecular complexity index is 240. The summed E-state index contributed by atoms with van der Waals surface area (Å²) < 4.78 is 23.5. The summed E-state index contributed by atoms with van der Waals surface area (Å²) in [5.74, 6) is 0.158. The molecular weight excluding hydrogens is 150 g/mol. The van der Waals surface area contributed by atoms with Crippen LogP contribution in [0.1, 0.15) is 13.8 Å². The van der Waals surface area contributed by atoms with Crippen LogP contribution in [0.4, 0.5) is 0 Å². The lowest BCUT2D eigenvalue weighted by atomic mass is 10.4. The Hall–Kier alpha value is -0.510. The van der Waals surface area contributed by atoms with Gasteiger partial charge in [-0.1, -0.05) is 6.08 Å². The van der Waals surface area contributed by atoms with Gasteiger partial charge >= 0.3 is 0 Å². The highest BCUT2D eigenvalue weighted by molar-refractivity contribution is 7.89. The Labute approximate surface area is 61.4 Å². The van der Waals surface area contributed by atoms with E-state index in [1.807, 2.05) is 13.8 Å². The molecule has 0 fully saturated rings. The van der Waals surface area contributed by atoms with E-state index in [2.05, 4.69) is 0 Å². The first-order valence-corrected chi connectivity index (χ1v) is 4.83. The van der Waals surface area contributed by atoms with Gasteiger partial charge in [0.2, 0.25) is 10.0 Å². The fraction of sp³-hybridized carbons (Fsp3) is 0.667. The molecule has 0 spiro atoms. The highest BCUT2D eigenvalue weighted by atomic mass is 32.2. The summed E-state index contributed by atoms with van der Waals surface area (Å²) in [6.07, 6.45) is 3.29. The average Bonchev–Trinajstić information content (AvgIpc) is 2.08. The van der Waals surface area contributed by atoms with E-state index in [0.29, 0.717) is 0 Å². The molecule has 1 aliphatic rings. The van der Waals surface area contributed by atoms with Crippen molar-refractivity contribution in [3.63, 3.8) is 0 Å². The van der Waals surface area contributed by atoms with Crippen LogP contribution in [0.25, 0.3) is 0 Å². The number of hydrogen-bond acceptors (Lipinski definition) is 2. The van der Waals surface area contributed by atoms with Crippen molar-refractivity contribution in [1.29, 1.82) is 0 Å². The molecule has 0 saturated heterocycles. The second kappa shape index (κ2) is 2.27. The Kier molecular flexibility index (Phi) is 1.72. The first-order valence-electron chi connectivity index (χ1n) is 3.22. The van der Waals surface area contributed by atoms with Crippen molar-refractivity contribution < 1.29 is 8.42 Å². The number of hydrogen-bond donors (Lipinski definition) is 0. The van der Waals surface area contributed by atoms with E-state index in [4.69, 9.17) is 0 Å². The van der Waals surface area contributed by atoms with Gasteiger partial charge in [-0.15, -0.1) is 0 Å². The van der Waals surface area contributed by atoms with Crippen molar-refractivity contribution in [2.24, 2.45) is 0 Å². The number of sulfonamides is 1. The smallest absolute Gasteiger partial charge is 0.238 e. The zero-order valence-electron chi connectivity index (χ0n) is 6.11.